The van der Waals surface area contributed by atoms with E-state index in [1.54, 1.807) is 12.1 Å². The first kappa shape index (κ1) is 14.8. The van der Waals surface area contributed by atoms with Crippen molar-refractivity contribution in [2.75, 3.05) is 32.6 Å². The molecule has 2 aromatic rings. The maximum Gasteiger partial charge on any atom is 0.201 e. The minimum atomic E-state index is -3.32. The number of benzene rings is 1. The highest BCUT2D eigenvalue weighted by atomic mass is 32.2. The average molecular weight is 296 g/mol. The number of nitrogens with two attached hydrogens (primary N) is 1. The lowest BCUT2D eigenvalue weighted by atomic mass is 10.2. The Bertz CT molecular complexity index is 734. The molecular formula is C13H20N4O2S. The lowest BCUT2D eigenvalue weighted by molar-refractivity contribution is 0.342. The van der Waals surface area contributed by atoms with Crippen molar-refractivity contribution < 1.29 is 8.42 Å². The van der Waals surface area contributed by atoms with Gasteiger partial charge in [-0.25, -0.2) is 13.4 Å². The van der Waals surface area contributed by atoms with E-state index in [0.29, 0.717) is 11.5 Å². The van der Waals surface area contributed by atoms with Crippen LogP contribution in [0.1, 0.15) is 13.0 Å². The molecule has 7 heteroatoms. The Balaban J connectivity index is 2.67. The Morgan fingerprint density at radius 1 is 1.40 bits per heavy atom. The molecule has 110 valence electrons. The summed E-state index contributed by atoms with van der Waals surface area (Å²) in [4.78, 5) is 6.52. The van der Waals surface area contributed by atoms with Crippen LogP contribution in [0, 0.1) is 0 Å². The summed E-state index contributed by atoms with van der Waals surface area (Å²) in [5, 5.41) is 0. The van der Waals surface area contributed by atoms with Gasteiger partial charge >= 0.3 is 0 Å². The Morgan fingerprint density at radius 3 is 2.60 bits per heavy atom. The van der Waals surface area contributed by atoms with Crippen molar-refractivity contribution in [2.24, 2.45) is 0 Å². The van der Waals surface area contributed by atoms with Crippen molar-refractivity contribution in [2.45, 2.75) is 17.9 Å². The third-order valence-corrected chi connectivity index (χ3v) is 4.31. The van der Waals surface area contributed by atoms with E-state index < -0.39 is 9.84 Å². The van der Waals surface area contributed by atoms with Crippen molar-refractivity contribution in [3.8, 4) is 0 Å². The molecule has 0 aliphatic carbocycles. The predicted octanol–water partition coefficient (Wildman–Crippen LogP) is 1.14. The van der Waals surface area contributed by atoms with Crippen LogP contribution >= 0.6 is 0 Å². The molecule has 0 amide bonds. The highest BCUT2D eigenvalue weighted by molar-refractivity contribution is 7.91. The zero-order chi connectivity index (χ0) is 15.1. The van der Waals surface area contributed by atoms with Gasteiger partial charge in [0.1, 0.15) is 5.52 Å². The van der Waals surface area contributed by atoms with Crippen LogP contribution in [0.25, 0.3) is 11.0 Å². The summed E-state index contributed by atoms with van der Waals surface area (Å²) < 4.78 is 25.5. The fraction of sp³-hybridized carbons (Fsp3) is 0.462. The molecule has 0 bridgehead atoms. The zero-order valence-corrected chi connectivity index (χ0v) is 13.0. The van der Waals surface area contributed by atoms with Crippen LogP contribution in [0.15, 0.2) is 23.1 Å². The molecule has 0 aliphatic rings. The number of anilines is 1. The number of para-hydroxylation sites is 1. The summed E-state index contributed by atoms with van der Waals surface area (Å²) in [6.07, 6.45) is 1.18. The average Bonchev–Trinajstić information content (AvgIpc) is 2.61. The minimum Gasteiger partial charge on any atom is -0.369 e. The molecule has 2 N–H and O–H groups in total. The number of nitrogen functional groups attached to an aromatic ring is 1. The first-order valence-electron chi connectivity index (χ1n) is 6.33. The van der Waals surface area contributed by atoms with E-state index in [2.05, 4.69) is 9.88 Å². The van der Waals surface area contributed by atoms with Gasteiger partial charge in [0.15, 0.2) is 9.84 Å². The van der Waals surface area contributed by atoms with Gasteiger partial charge in [0.05, 0.1) is 10.4 Å². The van der Waals surface area contributed by atoms with Gasteiger partial charge in [0.2, 0.25) is 5.95 Å². The normalized spacial score (nSPS) is 14.1. The molecule has 2 rings (SSSR count). The largest absolute Gasteiger partial charge is 0.369 e. The zero-order valence-electron chi connectivity index (χ0n) is 12.2. The van der Waals surface area contributed by atoms with E-state index in [0.717, 1.165) is 12.1 Å². The lowest BCUT2D eigenvalue weighted by Crippen LogP contribution is -2.23. The highest BCUT2D eigenvalue weighted by Crippen LogP contribution is 2.27. The molecule has 0 spiro atoms. The quantitative estimate of drug-likeness (QED) is 0.915. The van der Waals surface area contributed by atoms with Gasteiger partial charge in [-0.05, 0) is 33.2 Å². The van der Waals surface area contributed by atoms with Gasteiger partial charge in [-0.3, -0.25) is 0 Å². The van der Waals surface area contributed by atoms with Crippen LogP contribution in [0.4, 0.5) is 5.95 Å². The van der Waals surface area contributed by atoms with Crippen LogP contribution in [-0.2, 0) is 9.84 Å². The van der Waals surface area contributed by atoms with Gasteiger partial charge in [-0.1, -0.05) is 6.07 Å². The highest BCUT2D eigenvalue weighted by Gasteiger charge is 2.20. The fourth-order valence-electron chi connectivity index (χ4n) is 2.48. The van der Waals surface area contributed by atoms with Gasteiger partial charge in [0, 0.05) is 18.8 Å². The maximum atomic E-state index is 11.8. The molecule has 1 aromatic carbocycles. The number of hydrogen-bond acceptors (Lipinski definition) is 5. The number of rotatable bonds is 4. The van der Waals surface area contributed by atoms with Gasteiger partial charge in [-0.2, -0.15) is 0 Å². The Labute approximate surface area is 119 Å². The van der Waals surface area contributed by atoms with E-state index >= 15 is 0 Å². The Morgan fingerprint density at radius 2 is 2.05 bits per heavy atom. The summed E-state index contributed by atoms with van der Waals surface area (Å²) >= 11 is 0. The monoisotopic (exact) mass is 296 g/mol. The van der Waals surface area contributed by atoms with E-state index in [1.165, 1.54) is 6.26 Å². The minimum absolute atomic E-state index is 0.102. The van der Waals surface area contributed by atoms with Crippen molar-refractivity contribution in [1.82, 2.24) is 14.5 Å². The fourth-order valence-corrected chi connectivity index (χ4v) is 3.31. The van der Waals surface area contributed by atoms with Crippen molar-refractivity contribution in [3.05, 3.63) is 18.2 Å². The van der Waals surface area contributed by atoms with Gasteiger partial charge in [-0.15, -0.1) is 0 Å². The molecule has 20 heavy (non-hydrogen) atoms. The third-order valence-electron chi connectivity index (χ3n) is 3.18. The van der Waals surface area contributed by atoms with E-state index in [4.69, 9.17) is 5.73 Å². The summed E-state index contributed by atoms with van der Waals surface area (Å²) in [6.45, 7) is 2.82. The second-order valence-corrected chi connectivity index (χ2v) is 7.33. The molecule has 0 fully saturated rings. The SMILES string of the molecule is CC(CN(C)C)n1c(N)nc2c(S(C)(=O)=O)cccc21. The molecule has 1 heterocycles. The summed E-state index contributed by atoms with van der Waals surface area (Å²) in [7, 11) is 0.636. The van der Waals surface area contributed by atoms with Crippen molar-refractivity contribution in [3.63, 3.8) is 0 Å². The van der Waals surface area contributed by atoms with Gasteiger partial charge < -0.3 is 15.2 Å². The molecule has 1 unspecified atom stereocenters. The number of imidazole rings is 1. The predicted molar refractivity (Wildman–Crippen MR) is 80.5 cm³/mol. The molecular weight excluding hydrogens is 276 g/mol. The van der Waals surface area contributed by atoms with E-state index in [-0.39, 0.29) is 10.9 Å². The first-order valence-corrected chi connectivity index (χ1v) is 8.22. The number of aromatic nitrogens is 2. The number of likely N-dealkylation sites (N-methyl/N-ethyl adjacent to an activating group) is 1. The van der Waals surface area contributed by atoms with Crippen molar-refractivity contribution >= 4 is 26.8 Å². The van der Waals surface area contributed by atoms with E-state index in [9.17, 15) is 8.42 Å². The number of fused-ring (bicyclic) bond motifs is 1. The number of hydrogen-bond donors (Lipinski definition) is 1. The van der Waals surface area contributed by atoms with Crippen LogP contribution in [0.3, 0.4) is 0 Å². The van der Waals surface area contributed by atoms with Crippen molar-refractivity contribution in [1.29, 1.82) is 0 Å². The Kier molecular flexibility index (Phi) is 3.75. The van der Waals surface area contributed by atoms with Crippen LogP contribution in [0.5, 0.6) is 0 Å². The second-order valence-electron chi connectivity index (χ2n) is 5.35. The van der Waals surface area contributed by atoms with Crippen LogP contribution < -0.4 is 5.73 Å². The topological polar surface area (TPSA) is 81.2 Å². The molecule has 6 nitrogen and oxygen atoms in total. The van der Waals surface area contributed by atoms with E-state index in [1.807, 2.05) is 31.7 Å². The second kappa shape index (κ2) is 5.06. The lowest BCUT2D eigenvalue weighted by Gasteiger charge is -2.20. The van der Waals surface area contributed by atoms with Gasteiger partial charge in [0.25, 0.3) is 0 Å². The first-order chi connectivity index (χ1) is 9.21. The molecule has 1 aromatic heterocycles. The summed E-state index contributed by atoms with van der Waals surface area (Å²) in [5.74, 6) is 0.338. The third kappa shape index (κ3) is 2.64. The smallest absolute Gasteiger partial charge is 0.201 e. The Hall–Kier alpha value is -1.60. The summed E-state index contributed by atoms with van der Waals surface area (Å²) in [6, 6.07) is 5.23. The molecule has 0 radical (unpaired) electrons. The maximum absolute atomic E-state index is 11.8. The molecule has 1 atom stereocenters. The number of sulfone groups is 1. The molecule has 0 aliphatic heterocycles. The van der Waals surface area contributed by atoms with Crippen LogP contribution in [0.2, 0.25) is 0 Å². The standard InChI is InChI=1S/C13H20N4O2S/c1-9(8-16(2)3)17-10-6-5-7-11(20(4,18)19)12(10)15-13(17)14/h5-7,9H,8H2,1-4H3,(H2,14,15). The number of nitrogens with zero attached hydrogens (tertiary/aromatic N) is 3. The molecule has 0 saturated heterocycles. The summed E-state index contributed by atoms with van der Waals surface area (Å²) in [5.41, 5.74) is 7.17. The van der Waals surface area contributed by atoms with Crippen LogP contribution in [-0.4, -0.2) is 49.8 Å². The molecule has 0 saturated carbocycles.